The topological polar surface area (TPSA) is 89.0 Å². The van der Waals surface area contributed by atoms with E-state index in [1.165, 1.54) is 42.5 Å². The van der Waals surface area contributed by atoms with Gasteiger partial charge in [-0.05, 0) is 54.1 Å². The predicted molar refractivity (Wildman–Crippen MR) is 97.3 cm³/mol. The Morgan fingerprint density at radius 3 is 2.59 bits per heavy atom. The van der Waals surface area contributed by atoms with Gasteiger partial charge in [0.1, 0.15) is 17.6 Å². The third kappa shape index (κ3) is 4.32. The van der Waals surface area contributed by atoms with Gasteiger partial charge in [0.25, 0.3) is 0 Å². The van der Waals surface area contributed by atoms with Crippen molar-refractivity contribution in [1.29, 1.82) is 5.26 Å². The Labute approximate surface area is 153 Å². The summed E-state index contributed by atoms with van der Waals surface area (Å²) < 4.78 is 18.5. The fourth-order valence-corrected chi connectivity index (χ4v) is 2.34. The average molecular weight is 361 g/mol. The number of ether oxygens (including phenoxy) is 1. The zero-order chi connectivity index (χ0) is 19.2. The Morgan fingerprint density at radius 1 is 1.19 bits per heavy atom. The maximum atomic E-state index is 13.0. The van der Waals surface area contributed by atoms with E-state index in [0.29, 0.717) is 11.3 Å². The van der Waals surface area contributed by atoms with E-state index < -0.39 is 10.7 Å². The van der Waals surface area contributed by atoms with Crippen molar-refractivity contribution in [2.75, 3.05) is 0 Å². The third-order valence-corrected chi connectivity index (χ3v) is 3.59. The lowest BCUT2D eigenvalue weighted by Gasteiger charge is -2.07. The molecule has 0 spiro atoms. The monoisotopic (exact) mass is 361 g/mol. The number of benzene rings is 2. The molecule has 0 amide bonds. The Kier molecular flexibility index (Phi) is 5.19. The number of rotatable bonds is 5. The van der Waals surface area contributed by atoms with E-state index >= 15 is 0 Å². The molecule has 0 bridgehead atoms. The number of nitrogens with zero attached hydrogens (tertiary/aromatic N) is 3. The van der Waals surface area contributed by atoms with Gasteiger partial charge in [-0.1, -0.05) is 12.1 Å². The zero-order valence-corrected chi connectivity index (χ0v) is 13.9. The lowest BCUT2D eigenvalue weighted by Crippen LogP contribution is -1.94. The lowest BCUT2D eigenvalue weighted by atomic mass is 10.1. The first-order chi connectivity index (χ1) is 13.1. The smallest absolute Gasteiger partial charge is 0.312 e. The van der Waals surface area contributed by atoms with Crippen molar-refractivity contribution in [1.82, 2.24) is 4.98 Å². The minimum Gasteiger partial charge on any atom is -0.450 e. The molecule has 1 heterocycles. The molecular formula is C20H12FN3O3. The van der Waals surface area contributed by atoms with Gasteiger partial charge in [0.05, 0.1) is 16.2 Å². The summed E-state index contributed by atoms with van der Waals surface area (Å²) in [5.74, 6) is -0.148. The van der Waals surface area contributed by atoms with Gasteiger partial charge in [-0.2, -0.15) is 5.26 Å². The second-order valence-corrected chi connectivity index (χ2v) is 5.43. The largest absolute Gasteiger partial charge is 0.450 e. The molecule has 0 aliphatic carbocycles. The molecule has 0 fully saturated rings. The number of allylic oxidation sites excluding steroid dienone is 1. The quantitative estimate of drug-likeness (QED) is 0.363. The van der Waals surface area contributed by atoms with Crippen molar-refractivity contribution in [3.63, 3.8) is 0 Å². The molecule has 2 aromatic carbocycles. The highest BCUT2D eigenvalue weighted by Crippen LogP contribution is 2.33. The van der Waals surface area contributed by atoms with Gasteiger partial charge in [-0.25, -0.2) is 4.39 Å². The van der Waals surface area contributed by atoms with E-state index in [1.54, 1.807) is 30.5 Å². The van der Waals surface area contributed by atoms with Crippen LogP contribution < -0.4 is 4.74 Å². The summed E-state index contributed by atoms with van der Waals surface area (Å²) in [4.78, 5) is 14.9. The van der Waals surface area contributed by atoms with Gasteiger partial charge >= 0.3 is 5.69 Å². The number of nitriles is 1. The Bertz CT molecular complexity index is 1040. The second kappa shape index (κ2) is 7.89. The minimum absolute atomic E-state index is 0.0140. The molecule has 0 radical (unpaired) electrons. The van der Waals surface area contributed by atoms with Crippen molar-refractivity contribution >= 4 is 17.3 Å². The number of aromatic nitrogens is 1. The van der Waals surface area contributed by atoms with Crippen molar-refractivity contribution in [3.05, 3.63) is 94.0 Å². The number of nitro benzene ring substituents is 1. The average Bonchev–Trinajstić information content (AvgIpc) is 2.69. The van der Waals surface area contributed by atoms with Crippen LogP contribution in [0.25, 0.3) is 11.6 Å². The summed E-state index contributed by atoms with van der Waals surface area (Å²) in [7, 11) is 0. The molecule has 0 saturated carbocycles. The molecule has 6 nitrogen and oxygen atoms in total. The normalized spacial score (nSPS) is 10.9. The van der Waals surface area contributed by atoms with Crippen LogP contribution >= 0.6 is 0 Å². The molecule has 3 aromatic rings. The Hall–Kier alpha value is -4.05. The van der Waals surface area contributed by atoms with E-state index in [2.05, 4.69) is 4.98 Å². The molecule has 0 unspecified atom stereocenters. The summed E-state index contributed by atoms with van der Waals surface area (Å²) >= 11 is 0. The van der Waals surface area contributed by atoms with Gasteiger partial charge in [0, 0.05) is 12.3 Å². The van der Waals surface area contributed by atoms with Crippen LogP contribution in [0.4, 0.5) is 10.1 Å². The first-order valence-electron chi connectivity index (χ1n) is 7.82. The summed E-state index contributed by atoms with van der Waals surface area (Å²) in [5.41, 5.74) is 0.924. The van der Waals surface area contributed by atoms with Crippen molar-refractivity contribution in [3.8, 4) is 17.6 Å². The summed E-state index contributed by atoms with van der Waals surface area (Å²) in [6, 6.07) is 16.7. The maximum Gasteiger partial charge on any atom is 0.312 e. The fourth-order valence-electron chi connectivity index (χ4n) is 2.34. The lowest BCUT2D eigenvalue weighted by molar-refractivity contribution is -0.385. The van der Waals surface area contributed by atoms with Gasteiger partial charge in [0.2, 0.25) is 5.75 Å². The van der Waals surface area contributed by atoms with Gasteiger partial charge in [-0.3, -0.25) is 15.1 Å². The van der Waals surface area contributed by atoms with Crippen LogP contribution in [-0.2, 0) is 0 Å². The molecule has 0 atom stereocenters. The highest BCUT2D eigenvalue weighted by Gasteiger charge is 2.17. The van der Waals surface area contributed by atoms with Crippen molar-refractivity contribution in [2.24, 2.45) is 0 Å². The SMILES string of the molecule is N#CC(=Cc1ccc(Oc2ccc(F)cc2)c([N+](=O)[O-])c1)c1ccccn1. The maximum absolute atomic E-state index is 13.0. The molecule has 0 saturated heterocycles. The number of pyridine rings is 1. The first kappa shape index (κ1) is 17.8. The van der Waals surface area contributed by atoms with E-state index in [4.69, 9.17) is 4.74 Å². The minimum atomic E-state index is -0.580. The third-order valence-electron chi connectivity index (χ3n) is 3.59. The van der Waals surface area contributed by atoms with E-state index in [9.17, 15) is 19.8 Å². The highest BCUT2D eigenvalue weighted by atomic mass is 19.1. The molecular weight excluding hydrogens is 349 g/mol. The Balaban J connectivity index is 1.96. The molecule has 0 aliphatic heterocycles. The second-order valence-electron chi connectivity index (χ2n) is 5.43. The van der Waals surface area contributed by atoms with Crippen LogP contribution in [0.1, 0.15) is 11.3 Å². The highest BCUT2D eigenvalue weighted by molar-refractivity contribution is 5.88. The molecule has 1 aromatic heterocycles. The zero-order valence-electron chi connectivity index (χ0n) is 13.9. The van der Waals surface area contributed by atoms with E-state index in [0.717, 1.165) is 0 Å². The number of hydrogen-bond donors (Lipinski definition) is 0. The van der Waals surface area contributed by atoms with Crippen LogP contribution in [0.15, 0.2) is 66.9 Å². The summed E-state index contributed by atoms with van der Waals surface area (Å²) in [6.45, 7) is 0. The van der Waals surface area contributed by atoms with Crippen LogP contribution in [0.2, 0.25) is 0 Å². The van der Waals surface area contributed by atoms with Crippen molar-refractivity contribution in [2.45, 2.75) is 0 Å². The van der Waals surface area contributed by atoms with Crippen LogP contribution in [0.3, 0.4) is 0 Å². The Morgan fingerprint density at radius 2 is 1.96 bits per heavy atom. The number of halogens is 1. The van der Waals surface area contributed by atoms with Crippen molar-refractivity contribution < 1.29 is 14.1 Å². The number of nitro groups is 1. The molecule has 0 aliphatic rings. The predicted octanol–water partition coefficient (Wildman–Crippen LogP) is 4.99. The molecule has 0 N–H and O–H groups in total. The van der Waals surface area contributed by atoms with Gasteiger partial charge < -0.3 is 4.74 Å². The standard InChI is InChI=1S/C20H12FN3O3/c21-16-5-7-17(8-6-16)27-20-9-4-14(12-19(20)24(25)26)11-15(13-22)18-3-1-2-10-23-18/h1-12H. The molecule has 132 valence electrons. The number of hydrogen-bond acceptors (Lipinski definition) is 5. The molecule has 7 heteroatoms. The van der Waals surface area contributed by atoms with Crippen LogP contribution in [0.5, 0.6) is 11.5 Å². The molecule has 3 rings (SSSR count). The fraction of sp³-hybridized carbons (Fsp3) is 0. The van der Waals surface area contributed by atoms with Crippen LogP contribution in [0, 0.1) is 27.3 Å². The van der Waals surface area contributed by atoms with Gasteiger partial charge in [0.15, 0.2) is 0 Å². The summed E-state index contributed by atoms with van der Waals surface area (Å²) in [6.07, 6.45) is 3.07. The van der Waals surface area contributed by atoms with Crippen LogP contribution in [-0.4, -0.2) is 9.91 Å². The van der Waals surface area contributed by atoms with Gasteiger partial charge in [-0.15, -0.1) is 0 Å². The molecule has 27 heavy (non-hydrogen) atoms. The first-order valence-corrected chi connectivity index (χ1v) is 7.82. The van der Waals surface area contributed by atoms with E-state index in [1.807, 2.05) is 6.07 Å². The van der Waals surface area contributed by atoms with E-state index in [-0.39, 0.29) is 22.8 Å². The summed E-state index contributed by atoms with van der Waals surface area (Å²) in [5, 5.41) is 20.8.